The van der Waals surface area contributed by atoms with Gasteiger partial charge in [-0.05, 0) is 82.1 Å². The van der Waals surface area contributed by atoms with Crippen LogP contribution in [0.1, 0.15) is 110 Å². The van der Waals surface area contributed by atoms with Crippen molar-refractivity contribution < 1.29 is 23.5 Å². The molecule has 0 radical (unpaired) electrons. The van der Waals surface area contributed by atoms with E-state index in [-0.39, 0.29) is 29.0 Å². The van der Waals surface area contributed by atoms with E-state index in [9.17, 15) is 14.0 Å². The number of carbonyl (C=O) groups excluding carboxylic acids is 2. The van der Waals surface area contributed by atoms with Crippen LogP contribution in [-0.2, 0) is 6.42 Å². The molecular formula is C34H41FO4. The fourth-order valence-corrected chi connectivity index (χ4v) is 6.72. The first-order valence-electron chi connectivity index (χ1n) is 14.8. The average molecular weight is 533 g/mol. The number of fused-ring (bicyclic) bond motifs is 4. The number of benzene rings is 2. The van der Waals surface area contributed by atoms with E-state index >= 15 is 0 Å². The summed E-state index contributed by atoms with van der Waals surface area (Å²) in [5.41, 5.74) is 3.89. The maximum absolute atomic E-state index is 13.7. The van der Waals surface area contributed by atoms with E-state index in [0.29, 0.717) is 24.2 Å². The second-order valence-corrected chi connectivity index (χ2v) is 12.0. The predicted molar refractivity (Wildman–Crippen MR) is 152 cm³/mol. The first-order valence-corrected chi connectivity index (χ1v) is 14.8. The number of ketones is 2. The molecule has 0 saturated heterocycles. The molecule has 4 nitrogen and oxygen atoms in total. The van der Waals surface area contributed by atoms with Gasteiger partial charge in [0.1, 0.15) is 23.8 Å². The van der Waals surface area contributed by atoms with Crippen molar-refractivity contribution in [3.05, 3.63) is 70.3 Å². The molecule has 0 spiro atoms. The van der Waals surface area contributed by atoms with Gasteiger partial charge in [-0.2, -0.15) is 0 Å². The standard InChI is InChI=1S/C34H41FO4/c1-4-5-6-11-22-19-29(31-27-18-23(21-35)15-16-28(27)34(2,3)39-30(31)20-22)38-17-10-9-14-26-32(36)24-12-7-8-13-25(24)33(26)37/h7-8,12-13,18-20,26-28H,4-6,9-11,14-17,21H2,1-3H3/t27-,28-/m1/s1. The third-order valence-corrected chi connectivity index (χ3v) is 8.86. The minimum absolute atomic E-state index is 0.0519. The Hall–Kier alpha value is -2.95. The van der Waals surface area contributed by atoms with Crippen molar-refractivity contribution in [1.82, 2.24) is 0 Å². The Kier molecular flexibility index (Phi) is 8.25. The molecule has 208 valence electrons. The number of rotatable bonds is 11. The molecule has 0 unspecified atom stereocenters. The molecule has 1 aliphatic heterocycles. The largest absolute Gasteiger partial charge is 0.493 e. The summed E-state index contributed by atoms with van der Waals surface area (Å²) in [4.78, 5) is 25.5. The van der Waals surface area contributed by atoms with Crippen molar-refractivity contribution in [3.63, 3.8) is 0 Å². The molecule has 2 aliphatic carbocycles. The molecule has 39 heavy (non-hydrogen) atoms. The van der Waals surface area contributed by atoms with Gasteiger partial charge in [0.15, 0.2) is 11.6 Å². The zero-order valence-corrected chi connectivity index (χ0v) is 23.6. The van der Waals surface area contributed by atoms with Crippen molar-refractivity contribution in [3.8, 4) is 11.5 Å². The maximum atomic E-state index is 13.7. The zero-order chi connectivity index (χ0) is 27.6. The summed E-state index contributed by atoms with van der Waals surface area (Å²) in [5.74, 6) is 1.35. The first-order chi connectivity index (χ1) is 18.8. The molecule has 5 rings (SSSR count). The van der Waals surface area contributed by atoms with E-state index in [1.54, 1.807) is 12.1 Å². The van der Waals surface area contributed by atoms with Crippen LogP contribution in [0.15, 0.2) is 48.0 Å². The van der Waals surface area contributed by atoms with Crippen molar-refractivity contribution in [2.75, 3.05) is 13.3 Å². The molecule has 1 heterocycles. The van der Waals surface area contributed by atoms with Gasteiger partial charge in [0.25, 0.3) is 0 Å². The Morgan fingerprint density at radius 3 is 2.46 bits per heavy atom. The SMILES string of the molecule is CCCCCc1cc(OCCCCC2C(=O)c3ccccc3C2=O)c2c(c1)OC(C)(C)[C@@H]1CCC(CF)=C[C@@H]21. The van der Waals surface area contributed by atoms with Crippen LogP contribution < -0.4 is 9.47 Å². The lowest BCUT2D eigenvalue weighted by atomic mass is 9.68. The molecule has 0 saturated carbocycles. The normalized spacial score (nSPS) is 21.6. The van der Waals surface area contributed by atoms with Gasteiger partial charge in [-0.15, -0.1) is 0 Å². The summed E-state index contributed by atoms with van der Waals surface area (Å²) in [5, 5.41) is 0. The van der Waals surface area contributed by atoms with Crippen molar-refractivity contribution in [1.29, 1.82) is 0 Å². The highest BCUT2D eigenvalue weighted by Gasteiger charge is 2.46. The number of allylic oxidation sites excluding steroid dienone is 2. The summed E-state index contributed by atoms with van der Waals surface area (Å²) in [6.07, 6.45) is 10.2. The van der Waals surface area contributed by atoms with Gasteiger partial charge >= 0.3 is 0 Å². The number of carbonyl (C=O) groups is 2. The average Bonchev–Trinajstić information content (AvgIpc) is 3.17. The summed E-state index contributed by atoms with van der Waals surface area (Å²) in [7, 11) is 0. The van der Waals surface area contributed by atoms with Crippen LogP contribution in [-0.4, -0.2) is 30.4 Å². The second-order valence-electron chi connectivity index (χ2n) is 12.0. The number of ether oxygens (including phenoxy) is 2. The lowest BCUT2D eigenvalue weighted by Gasteiger charge is -2.46. The number of hydrogen-bond acceptors (Lipinski definition) is 4. The lowest BCUT2D eigenvalue weighted by Crippen LogP contribution is -2.45. The smallest absolute Gasteiger partial charge is 0.174 e. The Morgan fingerprint density at radius 2 is 1.77 bits per heavy atom. The van der Waals surface area contributed by atoms with E-state index in [1.807, 2.05) is 12.1 Å². The predicted octanol–water partition coefficient (Wildman–Crippen LogP) is 8.22. The van der Waals surface area contributed by atoms with Gasteiger partial charge < -0.3 is 9.47 Å². The Morgan fingerprint density at radius 1 is 1.03 bits per heavy atom. The molecule has 0 aromatic heterocycles. The molecule has 0 N–H and O–H groups in total. The molecule has 5 heteroatoms. The van der Waals surface area contributed by atoms with Crippen molar-refractivity contribution in [2.45, 2.75) is 90.1 Å². The Bertz CT molecular complexity index is 1220. The summed E-state index contributed by atoms with van der Waals surface area (Å²) in [6, 6.07) is 11.4. The van der Waals surface area contributed by atoms with Crippen LogP contribution in [0.4, 0.5) is 4.39 Å². The van der Waals surface area contributed by atoms with Crippen LogP contribution in [0.5, 0.6) is 11.5 Å². The molecule has 0 amide bonds. The van der Waals surface area contributed by atoms with Crippen LogP contribution >= 0.6 is 0 Å². The van der Waals surface area contributed by atoms with Crippen LogP contribution in [0.2, 0.25) is 0 Å². The van der Waals surface area contributed by atoms with Gasteiger partial charge in [0.05, 0.1) is 12.5 Å². The van der Waals surface area contributed by atoms with Crippen molar-refractivity contribution >= 4 is 11.6 Å². The van der Waals surface area contributed by atoms with Gasteiger partial charge in [0, 0.05) is 28.5 Å². The van der Waals surface area contributed by atoms with Gasteiger partial charge in [-0.25, -0.2) is 4.39 Å². The minimum atomic E-state index is -0.569. The third kappa shape index (κ3) is 5.55. The number of Topliss-reactive ketones (excluding diaryl/α,β-unsaturated/α-hetero) is 2. The fraction of sp³-hybridized carbons (Fsp3) is 0.529. The molecule has 0 fully saturated rings. The van der Waals surface area contributed by atoms with E-state index < -0.39 is 12.6 Å². The minimum Gasteiger partial charge on any atom is -0.493 e. The number of alkyl halides is 1. The maximum Gasteiger partial charge on any atom is 0.174 e. The van der Waals surface area contributed by atoms with Crippen LogP contribution in [0.3, 0.4) is 0 Å². The van der Waals surface area contributed by atoms with Gasteiger partial charge in [0.2, 0.25) is 0 Å². The zero-order valence-electron chi connectivity index (χ0n) is 23.6. The first kappa shape index (κ1) is 27.6. The van der Waals surface area contributed by atoms with E-state index in [0.717, 1.165) is 67.6 Å². The summed E-state index contributed by atoms with van der Waals surface area (Å²) in [6.45, 7) is 6.59. The molecule has 2 atom stereocenters. The molecule has 0 bridgehead atoms. The monoisotopic (exact) mass is 532 g/mol. The Labute approximate surface area is 232 Å². The molecule has 2 aromatic carbocycles. The highest BCUT2D eigenvalue weighted by atomic mass is 19.1. The van der Waals surface area contributed by atoms with Gasteiger partial charge in [-0.3, -0.25) is 9.59 Å². The quantitative estimate of drug-likeness (QED) is 0.166. The topological polar surface area (TPSA) is 52.6 Å². The second kappa shape index (κ2) is 11.7. The van der Waals surface area contributed by atoms with E-state index in [4.69, 9.17) is 9.47 Å². The third-order valence-electron chi connectivity index (χ3n) is 8.86. The Balaban J connectivity index is 1.31. The van der Waals surface area contributed by atoms with Crippen LogP contribution in [0.25, 0.3) is 0 Å². The number of unbranched alkanes of at least 4 members (excludes halogenated alkanes) is 3. The molecule has 3 aliphatic rings. The van der Waals surface area contributed by atoms with Crippen LogP contribution in [0, 0.1) is 11.8 Å². The number of aryl methyl sites for hydroxylation is 1. The van der Waals surface area contributed by atoms with Crippen molar-refractivity contribution in [2.24, 2.45) is 11.8 Å². The summed E-state index contributed by atoms with van der Waals surface area (Å²) >= 11 is 0. The number of halogens is 1. The molecule has 2 aromatic rings. The summed E-state index contributed by atoms with van der Waals surface area (Å²) < 4.78 is 26.8. The fourth-order valence-electron chi connectivity index (χ4n) is 6.72. The highest BCUT2D eigenvalue weighted by Crippen LogP contribution is 2.54. The van der Waals surface area contributed by atoms with Gasteiger partial charge in [-0.1, -0.05) is 50.1 Å². The lowest BCUT2D eigenvalue weighted by molar-refractivity contribution is 0.0101. The number of hydrogen-bond donors (Lipinski definition) is 0. The highest BCUT2D eigenvalue weighted by molar-refractivity contribution is 6.26. The molecular weight excluding hydrogens is 491 g/mol. The van der Waals surface area contributed by atoms with E-state index in [2.05, 4.69) is 39.0 Å². The van der Waals surface area contributed by atoms with E-state index in [1.165, 1.54) is 12.0 Å².